The van der Waals surface area contributed by atoms with Crippen LogP contribution in [0.25, 0.3) is 0 Å². The number of hydrogen-bond acceptors (Lipinski definition) is 7. The predicted molar refractivity (Wildman–Crippen MR) is 84.4 cm³/mol. The number of nitrogens with zero attached hydrogens (tertiary/aromatic N) is 5. The van der Waals surface area contributed by atoms with Crippen molar-refractivity contribution < 1.29 is 4.79 Å². The average Bonchev–Trinajstić information content (AvgIpc) is 3.04. The highest BCUT2D eigenvalue weighted by molar-refractivity contribution is 7.15. The van der Waals surface area contributed by atoms with Crippen molar-refractivity contribution in [2.24, 2.45) is 0 Å². The van der Waals surface area contributed by atoms with Gasteiger partial charge in [0.2, 0.25) is 5.13 Å². The fraction of sp³-hybridized carbons (Fsp3) is 0.538. The Morgan fingerprint density at radius 2 is 1.71 bits per heavy atom. The monoisotopic (exact) mass is 323 g/mol. The van der Waals surface area contributed by atoms with Crippen LogP contribution in [0.1, 0.15) is 25.4 Å². The number of hydrogen-bond donors (Lipinski definition) is 0. The number of thiazole rings is 1. The summed E-state index contributed by atoms with van der Waals surface area (Å²) in [5, 5.41) is 11.1. The van der Waals surface area contributed by atoms with Gasteiger partial charge in [0.1, 0.15) is 9.88 Å². The van der Waals surface area contributed by atoms with Gasteiger partial charge in [-0.25, -0.2) is 4.98 Å². The van der Waals surface area contributed by atoms with Crippen LogP contribution >= 0.6 is 22.7 Å². The molecule has 0 aromatic carbocycles. The molecule has 0 aliphatic carbocycles. The number of aromatic nitrogens is 3. The van der Waals surface area contributed by atoms with Crippen LogP contribution in [0.15, 0.2) is 0 Å². The Bertz CT molecular complexity index is 657. The maximum atomic E-state index is 12.5. The van der Waals surface area contributed by atoms with E-state index in [1.807, 2.05) is 25.7 Å². The van der Waals surface area contributed by atoms with Gasteiger partial charge in [0, 0.05) is 26.2 Å². The minimum Gasteiger partial charge on any atom is -0.343 e. The SMILES string of the molecule is Cc1nnc(N2CCN(C(=O)c3sc(C)nc3C)CC2)s1. The molecule has 0 unspecified atom stereocenters. The smallest absolute Gasteiger partial charge is 0.265 e. The summed E-state index contributed by atoms with van der Waals surface area (Å²) in [5.41, 5.74) is 0.838. The van der Waals surface area contributed by atoms with Gasteiger partial charge in [-0.2, -0.15) is 0 Å². The largest absolute Gasteiger partial charge is 0.343 e. The van der Waals surface area contributed by atoms with Gasteiger partial charge in [0.15, 0.2) is 0 Å². The molecule has 2 aromatic rings. The Morgan fingerprint density at radius 3 is 2.24 bits per heavy atom. The lowest BCUT2D eigenvalue weighted by molar-refractivity contribution is 0.0750. The average molecular weight is 323 g/mol. The molecule has 21 heavy (non-hydrogen) atoms. The second-order valence-electron chi connectivity index (χ2n) is 5.03. The molecule has 0 spiro atoms. The van der Waals surface area contributed by atoms with Crippen molar-refractivity contribution >= 4 is 33.7 Å². The molecule has 3 heterocycles. The first-order chi connectivity index (χ1) is 10.0. The molecule has 1 aliphatic rings. The van der Waals surface area contributed by atoms with E-state index >= 15 is 0 Å². The fourth-order valence-corrected chi connectivity index (χ4v) is 4.02. The van der Waals surface area contributed by atoms with Gasteiger partial charge in [-0.3, -0.25) is 4.79 Å². The topological polar surface area (TPSA) is 62.2 Å². The van der Waals surface area contributed by atoms with Crippen LogP contribution in [0.2, 0.25) is 0 Å². The van der Waals surface area contributed by atoms with Gasteiger partial charge in [0.05, 0.1) is 10.7 Å². The maximum absolute atomic E-state index is 12.5. The molecular formula is C13H17N5OS2. The second-order valence-corrected chi connectivity index (χ2v) is 7.39. The first-order valence-corrected chi connectivity index (χ1v) is 8.46. The summed E-state index contributed by atoms with van der Waals surface area (Å²) in [7, 11) is 0. The number of carbonyl (C=O) groups is 1. The van der Waals surface area contributed by atoms with Crippen molar-refractivity contribution in [3.8, 4) is 0 Å². The molecule has 1 fully saturated rings. The lowest BCUT2D eigenvalue weighted by Gasteiger charge is -2.34. The summed E-state index contributed by atoms with van der Waals surface area (Å²) >= 11 is 3.08. The van der Waals surface area contributed by atoms with Crippen molar-refractivity contribution in [3.05, 3.63) is 20.6 Å². The molecule has 1 amide bonds. The van der Waals surface area contributed by atoms with Crippen molar-refractivity contribution in [1.29, 1.82) is 0 Å². The molecule has 0 bridgehead atoms. The zero-order valence-corrected chi connectivity index (χ0v) is 13.9. The second kappa shape index (κ2) is 5.69. The van der Waals surface area contributed by atoms with Crippen LogP contribution in [-0.2, 0) is 0 Å². The van der Waals surface area contributed by atoms with Crippen LogP contribution in [-0.4, -0.2) is 52.2 Å². The third-order valence-corrected chi connectivity index (χ3v) is 5.41. The van der Waals surface area contributed by atoms with Gasteiger partial charge < -0.3 is 9.80 Å². The van der Waals surface area contributed by atoms with Crippen molar-refractivity contribution in [2.45, 2.75) is 20.8 Å². The summed E-state index contributed by atoms with van der Waals surface area (Å²) in [5.74, 6) is 0.103. The number of anilines is 1. The van der Waals surface area contributed by atoms with Crippen molar-refractivity contribution in [1.82, 2.24) is 20.1 Å². The fourth-order valence-electron chi connectivity index (χ4n) is 2.39. The number of piperazine rings is 1. The Morgan fingerprint density at radius 1 is 1.00 bits per heavy atom. The summed E-state index contributed by atoms with van der Waals surface area (Å²) in [4.78, 5) is 21.7. The maximum Gasteiger partial charge on any atom is 0.265 e. The molecule has 0 saturated carbocycles. The Balaban J connectivity index is 1.65. The molecule has 1 aliphatic heterocycles. The van der Waals surface area contributed by atoms with E-state index in [0.717, 1.165) is 38.8 Å². The Labute approximate surface area is 131 Å². The first-order valence-electron chi connectivity index (χ1n) is 6.83. The van der Waals surface area contributed by atoms with Crippen LogP contribution in [0, 0.1) is 20.8 Å². The molecular weight excluding hydrogens is 306 g/mol. The van der Waals surface area contributed by atoms with E-state index in [1.165, 1.54) is 11.3 Å². The highest BCUT2D eigenvalue weighted by Crippen LogP contribution is 2.23. The number of aryl methyl sites for hydroxylation is 3. The molecule has 0 atom stereocenters. The van der Waals surface area contributed by atoms with E-state index < -0.39 is 0 Å². The summed E-state index contributed by atoms with van der Waals surface area (Å²) in [6.45, 7) is 8.83. The number of amides is 1. The summed E-state index contributed by atoms with van der Waals surface area (Å²) in [6.07, 6.45) is 0. The minimum atomic E-state index is 0.103. The third-order valence-electron chi connectivity index (χ3n) is 3.45. The van der Waals surface area contributed by atoms with Gasteiger partial charge in [-0.15, -0.1) is 21.5 Å². The minimum absolute atomic E-state index is 0.103. The summed E-state index contributed by atoms with van der Waals surface area (Å²) < 4.78 is 0. The number of rotatable bonds is 2. The van der Waals surface area contributed by atoms with E-state index in [9.17, 15) is 4.79 Å². The molecule has 3 rings (SSSR count). The van der Waals surface area contributed by atoms with Gasteiger partial charge >= 0.3 is 0 Å². The molecule has 8 heteroatoms. The predicted octanol–water partition coefficient (Wildman–Crippen LogP) is 1.88. The highest BCUT2D eigenvalue weighted by Gasteiger charge is 2.26. The molecule has 112 valence electrons. The van der Waals surface area contributed by atoms with E-state index in [2.05, 4.69) is 20.1 Å². The quantitative estimate of drug-likeness (QED) is 0.844. The molecule has 2 aromatic heterocycles. The van der Waals surface area contributed by atoms with E-state index in [4.69, 9.17) is 0 Å². The Kier molecular flexibility index (Phi) is 3.90. The van der Waals surface area contributed by atoms with E-state index in [-0.39, 0.29) is 5.91 Å². The van der Waals surface area contributed by atoms with Crippen LogP contribution < -0.4 is 4.90 Å². The van der Waals surface area contributed by atoms with Crippen LogP contribution in [0.3, 0.4) is 0 Å². The Hall–Kier alpha value is -1.54. The molecule has 0 N–H and O–H groups in total. The standard InChI is InChI=1S/C13H17N5OS2/c1-8-11(20-9(2)14-8)12(19)17-4-6-18(7-5-17)13-16-15-10(3)21-13/h4-7H2,1-3H3. The van der Waals surface area contributed by atoms with E-state index in [0.29, 0.717) is 13.1 Å². The molecule has 6 nitrogen and oxygen atoms in total. The highest BCUT2D eigenvalue weighted by atomic mass is 32.1. The first kappa shape index (κ1) is 14.4. The normalized spacial score (nSPS) is 15.6. The van der Waals surface area contributed by atoms with Gasteiger partial charge in [0.25, 0.3) is 5.91 Å². The van der Waals surface area contributed by atoms with Gasteiger partial charge in [-0.1, -0.05) is 11.3 Å². The van der Waals surface area contributed by atoms with E-state index in [1.54, 1.807) is 11.3 Å². The lowest BCUT2D eigenvalue weighted by atomic mass is 10.3. The summed E-state index contributed by atoms with van der Waals surface area (Å²) in [6, 6.07) is 0. The molecule has 1 saturated heterocycles. The lowest BCUT2D eigenvalue weighted by Crippen LogP contribution is -2.48. The van der Waals surface area contributed by atoms with Crippen LogP contribution in [0.4, 0.5) is 5.13 Å². The molecule has 0 radical (unpaired) electrons. The van der Waals surface area contributed by atoms with Crippen LogP contribution in [0.5, 0.6) is 0 Å². The zero-order chi connectivity index (χ0) is 15.0. The van der Waals surface area contributed by atoms with Gasteiger partial charge in [-0.05, 0) is 20.8 Å². The third kappa shape index (κ3) is 2.91. The number of carbonyl (C=O) groups excluding carboxylic acids is 1. The zero-order valence-electron chi connectivity index (χ0n) is 12.3. The van der Waals surface area contributed by atoms with Crippen molar-refractivity contribution in [3.63, 3.8) is 0 Å². The van der Waals surface area contributed by atoms with Crippen molar-refractivity contribution in [2.75, 3.05) is 31.1 Å².